The Morgan fingerprint density at radius 3 is 2.26 bits per heavy atom. The van der Waals surface area contributed by atoms with E-state index in [4.69, 9.17) is 0 Å². The van der Waals surface area contributed by atoms with Crippen molar-refractivity contribution in [3.05, 3.63) is 99.1 Å². The zero-order valence-corrected chi connectivity index (χ0v) is 18.6. The first kappa shape index (κ1) is 22.4. The molecule has 4 rings (SSSR count). The van der Waals surface area contributed by atoms with Gasteiger partial charge < -0.3 is 4.57 Å². The summed E-state index contributed by atoms with van der Waals surface area (Å²) in [5.41, 5.74) is 8.31. The highest BCUT2D eigenvalue weighted by atomic mass is 16.6. The number of nitrogens with one attached hydrogen (secondary N) is 2. The molecule has 0 aliphatic rings. The van der Waals surface area contributed by atoms with Gasteiger partial charge >= 0.3 is 0 Å². The van der Waals surface area contributed by atoms with E-state index in [9.17, 15) is 19.7 Å². The zero-order chi connectivity index (χ0) is 24.4. The van der Waals surface area contributed by atoms with E-state index in [1.807, 2.05) is 48.7 Å². The smallest absolute Gasteiger partial charge is 0.292 e. The number of nitrogens with zero attached hydrogens (tertiary/aromatic N) is 5. The Balaban J connectivity index is 1.50. The Kier molecular flexibility index (Phi) is 5.92. The summed E-state index contributed by atoms with van der Waals surface area (Å²) in [7, 11) is 0. The average Bonchev–Trinajstić information content (AvgIpc) is 3.36. The lowest BCUT2D eigenvalue weighted by Gasteiger charge is -2.10. The molecule has 0 radical (unpaired) electrons. The number of nitro groups is 1. The lowest BCUT2D eigenvalue weighted by Crippen LogP contribution is -2.42. The molecule has 2 amide bonds. The molecular formula is C23H21N7O4. The maximum absolute atomic E-state index is 12.8. The van der Waals surface area contributed by atoms with Gasteiger partial charge in [0, 0.05) is 29.2 Å². The summed E-state index contributed by atoms with van der Waals surface area (Å²) in [5.74, 6) is -1.15. The standard InChI is InChI=1S/C23H21N7O4/c1-14-12-20(15(2)28(14)17-8-5-4-6-9-17)22(31)25-26-23(32)21-16(3)29(27-24-21)18-10-7-11-19(13-18)30(33)34/h4-13H,1-3H3,(H,25,31)(H,26,32). The summed E-state index contributed by atoms with van der Waals surface area (Å²) in [6.07, 6.45) is 0. The number of benzene rings is 2. The van der Waals surface area contributed by atoms with Crippen LogP contribution in [0.3, 0.4) is 0 Å². The highest BCUT2D eigenvalue weighted by Gasteiger charge is 2.21. The Bertz CT molecular complexity index is 1410. The Morgan fingerprint density at radius 1 is 0.882 bits per heavy atom. The summed E-state index contributed by atoms with van der Waals surface area (Å²) in [4.78, 5) is 35.9. The molecule has 0 atom stereocenters. The minimum absolute atomic E-state index is 0.0263. The lowest BCUT2D eigenvalue weighted by molar-refractivity contribution is -0.384. The van der Waals surface area contributed by atoms with Crippen molar-refractivity contribution in [1.29, 1.82) is 0 Å². The second-order valence-electron chi connectivity index (χ2n) is 7.58. The van der Waals surface area contributed by atoms with Crippen molar-refractivity contribution < 1.29 is 14.5 Å². The summed E-state index contributed by atoms with van der Waals surface area (Å²) in [6.45, 7) is 5.32. The molecule has 0 bridgehead atoms. The van der Waals surface area contributed by atoms with E-state index in [2.05, 4.69) is 21.2 Å². The average molecular weight is 459 g/mol. The molecule has 2 aromatic carbocycles. The summed E-state index contributed by atoms with van der Waals surface area (Å²) in [5, 5.41) is 18.8. The van der Waals surface area contributed by atoms with E-state index in [0.29, 0.717) is 16.9 Å². The number of hydrogen-bond acceptors (Lipinski definition) is 6. The van der Waals surface area contributed by atoms with Crippen LogP contribution in [-0.4, -0.2) is 36.3 Å². The van der Waals surface area contributed by atoms with Crippen molar-refractivity contribution in [3.63, 3.8) is 0 Å². The molecule has 2 heterocycles. The van der Waals surface area contributed by atoms with Gasteiger partial charge in [-0.1, -0.05) is 29.5 Å². The fraction of sp³-hybridized carbons (Fsp3) is 0.130. The second-order valence-corrected chi connectivity index (χ2v) is 7.58. The summed E-state index contributed by atoms with van der Waals surface area (Å²) >= 11 is 0. The number of carbonyl (C=O) groups is 2. The van der Waals surface area contributed by atoms with Gasteiger partial charge in [-0.3, -0.25) is 30.6 Å². The third-order valence-electron chi connectivity index (χ3n) is 5.37. The van der Waals surface area contributed by atoms with Gasteiger partial charge in [0.1, 0.15) is 0 Å². The quantitative estimate of drug-likeness (QED) is 0.348. The minimum atomic E-state index is -0.667. The molecule has 4 aromatic rings. The number of aromatic nitrogens is 4. The molecule has 0 aliphatic heterocycles. The largest absolute Gasteiger partial charge is 0.318 e. The molecule has 0 spiro atoms. The van der Waals surface area contributed by atoms with Gasteiger partial charge in [0.15, 0.2) is 5.69 Å². The van der Waals surface area contributed by atoms with Crippen LogP contribution in [0, 0.1) is 30.9 Å². The Morgan fingerprint density at radius 2 is 1.56 bits per heavy atom. The van der Waals surface area contributed by atoms with Gasteiger partial charge in [-0.25, -0.2) is 4.68 Å². The number of hydrogen-bond donors (Lipinski definition) is 2. The highest BCUT2D eigenvalue weighted by Crippen LogP contribution is 2.21. The number of amides is 2. The number of hydrazine groups is 1. The maximum atomic E-state index is 12.8. The molecular weight excluding hydrogens is 438 g/mol. The van der Waals surface area contributed by atoms with Crippen LogP contribution in [0.1, 0.15) is 37.9 Å². The second kappa shape index (κ2) is 8.98. The van der Waals surface area contributed by atoms with Crippen molar-refractivity contribution in [2.24, 2.45) is 0 Å². The van der Waals surface area contributed by atoms with Crippen LogP contribution < -0.4 is 10.9 Å². The molecule has 0 fully saturated rings. The summed E-state index contributed by atoms with van der Waals surface area (Å²) in [6, 6.07) is 17.2. The molecule has 2 aromatic heterocycles. The number of nitro benzene ring substituents is 1. The fourth-order valence-electron chi connectivity index (χ4n) is 3.73. The van der Waals surface area contributed by atoms with Crippen LogP contribution in [0.4, 0.5) is 5.69 Å². The number of aryl methyl sites for hydroxylation is 1. The van der Waals surface area contributed by atoms with Crippen LogP contribution in [0.2, 0.25) is 0 Å². The van der Waals surface area contributed by atoms with Crippen molar-refractivity contribution >= 4 is 17.5 Å². The monoisotopic (exact) mass is 459 g/mol. The molecule has 2 N–H and O–H groups in total. The van der Waals surface area contributed by atoms with Crippen LogP contribution in [0.15, 0.2) is 60.7 Å². The number of non-ortho nitro benzene ring substituents is 1. The van der Waals surface area contributed by atoms with Gasteiger partial charge in [-0.15, -0.1) is 5.10 Å². The first-order chi connectivity index (χ1) is 16.3. The first-order valence-electron chi connectivity index (χ1n) is 10.3. The predicted molar refractivity (Wildman–Crippen MR) is 123 cm³/mol. The third kappa shape index (κ3) is 4.13. The molecule has 0 saturated carbocycles. The van der Waals surface area contributed by atoms with E-state index in [1.54, 1.807) is 19.1 Å². The van der Waals surface area contributed by atoms with Gasteiger partial charge in [0.05, 0.1) is 21.9 Å². The van der Waals surface area contributed by atoms with E-state index < -0.39 is 16.7 Å². The molecule has 11 nitrogen and oxygen atoms in total. The number of carbonyl (C=O) groups excluding carboxylic acids is 2. The number of para-hydroxylation sites is 1. The lowest BCUT2D eigenvalue weighted by atomic mass is 10.2. The van der Waals surface area contributed by atoms with Crippen molar-refractivity contribution in [3.8, 4) is 11.4 Å². The van der Waals surface area contributed by atoms with E-state index in [1.165, 1.54) is 22.9 Å². The molecule has 172 valence electrons. The van der Waals surface area contributed by atoms with Crippen LogP contribution >= 0.6 is 0 Å². The zero-order valence-electron chi connectivity index (χ0n) is 18.6. The Hall–Kier alpha value is -4.80. The summed E-state index contributed by atoms with van der Waals surface area (Å²) < 4.78 is 3.27. The normalized spacial score (nSPS) is 10.7. The minimum Gasteiger partial charge on any atom is -0.318 e. The van der Waals surface area contributed by atoms with Gasteiger partial charge in [-0.05, 0) is 45.0 Å². The van der Waals surface area contributed by atoms with Crippen LogP contribution in [0.25, 0.3) is 11.4 Å². The highest BCUT2D eigenvalue weighted by molar-refractivity contribution is 5.99. The topological polar surface area (TPSA) is 137 Å². The van der Waals surface area contributed by atoms with Crippen molar-refractivity contribution in [2.75, 3.05) is 0 Å². The van der Waals surface area contributed by atoms with Gasteiger partial charge in [0.25, 0.3) is 17.5 Å². The van der Waals surface area contributed by atoms with E-state index >= 15 is 0 Å². The van der Waals surface area contributed by atoms with Crippen molar-refractivity contribution in [2.45, 2.75) is 20.8 Å². The van der Waals surface area contributed by atoms with Crippen LogP contribution in [-0.2, 0) is 0 Å². The number of rotatable bonds is 5. The molecule has 34 heavy (non-hydrogen) atoms. The maximum Gasteiger partial charge on any atom is 0.292 e. The molecule has 0 aliphatic carbocycles. The third-order valence-corrected chi connectivity index (χ3v) is 5.37. The SMILES string of the molecule is Cc1c(C(=O)NNC(=O)c2cc(C)n(-c3ccccc3)c2C)nnn1-c1cccc([N+](=O)[O-])c1. The molecule has 0 saturated heterocycles. The van der Waals surface area contributed by atoms with E-state index in [0.717, 1.165) is 17.1 Å². The molecule has 11 heteroatoms. The fourth-order valence-corrected chi connectivity index (χ4v) is 3.73. The first-order valence-corrected chi connectivity index (χ1v) is 10.3. The Labute approximate surface area is 194 Å². The van der Waals surface area contributed by atoms with Gasteiger partial charge in [-0.2, -0.15) is 0 Å². The van der Waals surface area contributed by atoms with Crippen molar-refractivity contribution in [1.82, 2.24) is 30.4 Å². The van der Waals surface area contributed by atoms with Gasteiger partial charge in [0.2, 0.25) is 0 Å². The van der Waals surface area contributed by atoms with E-state index in [-0.39, 0.29) is 11.4 Å². The van der Waals surface area contributed by atoms with Crippen LogP contribution in [0.5, 0.6) is 0 Å². The predicted octanol–water partition coefficient (Wildman–Crippen LogP) is 2.97. The molecule has 0 unspecified atom stereocenters.